The van der Waals surface area contributed by atoms with Crippen molar-refractivity contribution in [3.63, 3.8) is 0 Å². The zero-order valence-corrected chi connectivity index (χ0v) is 17.6. The van der Waals surface area contributed by atoms with Crippen LogP contribution in [0.2, 0.25) is 5.02 Å². The Hall–Kier alpha value is -1.22. The monoisotopic (exact) mass is 478 g/mol. The van der Waals surface area contributed by atoms with Crippen LogP contribution < -0.4 is 10.1 Å². The Bertz CT molecular complexity index is 652. The van der Waals surface area contributed by atoms with Gasteiger partial charge in [0.25, 0.3) is 0 Å². The number of halogens is 2. The predicted molar refractivity (Wildman–Crippen MR) is 110 cm³/mol. The van der Waals surface area contributed by atoms with Gasteiger partial charge < -0.3 is 19.9 Å². The summed E-state index contributed by atoms with van der Waals surface area (Å²) in [6, 6.07) is 6.03. The van der Waals surface area contributed by atoms with E-state index in [1.54, 1.807) is 20.2 Å². The number of aliphatic imine (C=N–C) groups is 1. The van der Waals surface area contributed by atoms with Crippen LogP contribution in [0.15, 0.2) is 23.2 Å². The van der Waals surface area contributed by atoms with Crippen molar-refractivity contribution in [2.75, 3.05) is 33.8 Å². The largest absolute Gasteiger partial charge is 0.496 e. The molecule has 1 aromatic rings. The number of piperazine rings is 1. The topological polar surface area (TPSA) is 57.2 Å². The van der Waals surface area contributed by atoms with Crippen molar-refractivity contribution in [2.45, 2.75) is 25.4 Å². The van der Waals surface area contributed by atoms with Crippen molar-refractivity contribution < 1.29 is 9.53 Å². The van der Waals surface area contributed by atoms with Gasteiger partial charge >= 0.3 is 0 Å². The molecule has 0 unspecified atom stereocenters. The van der Waals surface area contributed by atoms with E-state index in [1.807, 2.05) is 21.9 Å². The summed E-state index contributed by atoms with van der Waals surface area (Å²) < 4.78 is 5.36. The van der Waals surface area contributed by atoms with Crippen molar-refractivity contribution in [1.29, 1.82) is 0 Å². The third-order valence-electron chi connectivity index (χ3n) is 4.44. The quantitative estimate of drug-likeness (QED) is 0.410. The molecule has 1 aromatic carbocycles. The lowest BCUT2D eigenvalue weighted by molar-refractivity contribution is -0.135. The molecule has 0 aromatic heterocycles. The number of ether oxygens (including phenoxy) is 1. The van der Waals surface area contributed by atoms with Crippen LogP contribution in [-0.4, -0.2) is 61.5 Å². The number of nitrogens with zero attached hydrogens (tertiary/aromatic N) is 3. The molecule has 1 saturated carbocycles. The molecule has 138 valence electrons. The summed E-state index contributed by atoms with van der Waals surface area (Å²) in [6.45, 7) is 2.52. The van der Waals surface area contributed by atoms with E-state index in [0.29, 0.717) is 24.2 Å². The molecule has 25 heavy (non-hydrogen) atoms. The van der Waals surface area contributed by atoms with Gasteiger partial charge in [-0.2, -0.15) is 0 Å². The Morgan fingerprint density at radius 1 is 1.40 bits per heavy atom. The molecule has 1 heterocycles. The van der Waals surface area contributed by atoms with Crippen LogP contribution in [0.5, 0.6) is 5.75 Å². The summed E-state index contributed by atoms with van der Waals surface area (Å²) in [4.78, 5) is 20.6. The van der Waals surface area contributed by atoms with Gasteiger partial charge in [0.05, 0.1) is 13.7 Å². The molecule has 1 aliphatic heterocycles. The van der Waals surface area contributed by atoms with Crippen molar-refractivity contribution in [3.8, 4) is 5.75 Å². The molecule has 1 aliphatic carbocycles. The number of nitrogens with one attached hydrogen (secondary N) is 1. The van der Waals surface area contributed by atoms with Crippen molar-refractivity contribution in [1.82, 2.24) is 15.1 Å². The van der Waals surface area contributed by atoms with Gasteiger partial charge in [-0.25, -0.2) is 0 Å². The second-order valence-corrected chi connectivity index (χ2v) is 6.53. The van der Waals surface area contributed by atoms with Gasteiger partial charge in [-0.3, -0.25) is 9.79 Å². The summed E-state index contributed by atoms with van der Waals surface area (Å²) in [5.41, 5.74) is 0.992. The molecular formula is C17H24ClIN4O2. The van der Waals surface area contributed by atoms with Gasteiger partial charge in [0.15, 0.2) is 5.96 Å². The van der Waals surface area contributed by atoms with Crippen LogP contribution in [0.4, 0.5) is 0 Å². The van der Waals surface area contributed by atoms with Crippen LogP contribution in [0.25, 0.3) is 0 Å². The number of hydrogen-bond donors (Lipinski definition) is 1. The lowest BCUT2D eigenvalue weighted by atomic mass is 10.2. The van der Waals surface area contributed by atoms with Gasteiger partial charge in [0.1, 0.15) is 5.75 Å². The van der Waals surface area contributed by atoms with Gasteiger partial charge in [-0.15, -0.1) is 24.0 Å². The molecule has 1 amide bonds. The average Bonchev–Trinajstić information content (AvgIpc) is 3.41. The first-order chi connectivity index (χ1) is 11.6. The average molecular weight is 479 g/mol. The third kappa shape index (κ3) is 4.91. The molecule has 1 saturated heterocycles. The minimum absolute atomic E-state index is 0. The minimum Gasteiger partial charge on any atom is -0.496 e. The summed E-state index contributed by atoms with van der Waals surface area (Å²) in [6.07, 6.45) is 2.30. The van der Waals surface area contributed by atoms with Crippen LogP contribution in [0, 0.1) is 0 Å². The molecule has 6 nitrogen and oxygen atoms in total. The van der Waals surface area contributed by atoms with Crippen LogP contribution in [0.3, 0.4) is 0 Å². The van der Waals surface area contributed by atoms with Gasteiger partial charge in [0.2, 0.25) is 5.91 Å². The van der Waals surface area contributed by atoms with Gasteiger partial charge in [0, 0.05) is 43.3 Å². The third-order valence-corrected chi connectivity index (χ3v) is 4.68. The van der Waals surface area contributed by atoms with E-state index in [-0.39, 0.29) is 29.9 Å². The number of hydrogen-bond acceptors (Lipinski definition) is 3. The second-order valence-electron chi connectivity index (χ2n) is 6.10. The molecule has 2 aliphatic rings. The number of guanidine groups is 1. The molecular weight excluding hydrogens is 455 g/mol. The fourth-order valence-corrected chi connectivity index (χ4v) is 3.17. The zero-order chi connectivity index (χ0) is 17.1. The van der Waals surface area contributed by atoms with E-state index in [0.717, 1.165) is 43.2 Å². The van der Waals surface area contributed by atoms with E-state index in [2.05, 4.69) is 10.3 Å². The Morgan fingerprint density at radius 2 is 2.16 bits per heavy atom. The normalized spacial score (nSPS) is 18.0. The van der Waals surface area contributed by atoms with E-state index in [1.165, 1.54) is 0 Å². The fraction of sp³-hybridized carbons (Fsp3) is 0.529. The van der Waals surface area contributed by atoms with Crippen molar-refractivity contribution in [2.24, 2.45) is 4.99 Å². The van der Waals surface area contributed by atoms with E-state index in [9.17, 15) is 4.79 Å². The number of carbonyl (C=O) groups is 1. The smallest absolute Gasteiger partial charge is 0.242 e. The number of rotatable bonds is 4. The Morgan fingerprint density at radius 3 is 2.76 bits per heavy atom. The first-order valence-electron chi connectivity index (χ1n) is 8.20. The lowest BCUT2D eigenvalue weighted by Gasteiger charge is -2.36. The lowest BCUT2D eigenvalue weighted by Crippen LogP contribution is -2.55. The summed E-state index contributed by atoms with van der Waals surface area (Å²) in [7, 11) is 3.36. The molecule has 8 heteroatoms. The van der Waals surface area contributed by atoms with Gasteiger partial charge in [-0.1, -0.05) is 17.7 Å². The highest BCUT2D eigenvalue weighted by atomic mass is 127. The fourth-order valence-electron chi connectivity index (χ4n) is 3.01. The molecule has 2 fully saturated rings. The highest BCUT2D eigenvalue weighted by molar-refractivity contribution is 14.0. The molecule has 0 radical (unpaired) electrons. The number of methoxy groups -OCH3 is 1. The molecule has 1 N–H and O–H groups in total. The second kappa shape index (κ2) is 8.93. The molecule has 0 spiro atoms. The van der Waals surface area contributed by atoms with Crippen LogP contribution >= 0.6 is 35.6 Å². The minimum atomic E-state index is 0. The van der Waals surface area contributed by atoms with Gasteiger partial charge in [-0.05, 0) is 25.0 Å². The molecule has 3 rings (SSSR count). The summed E-state index contributed by atoms with van der Waals surface area (Å²) in [5, 5.41) is 3.95. The maximum Gasteiger partial charge on any atom is 0.242 e. The van der Waals surface area contributed by atoms with E-state index < -0.39 is 0 Å². The number of amides is 1. The van der Waals surface area contributed by atoms with E-state index >= 15 is 0 Å². The highest BCUT2D eigenvalue weighted by Gasteiger charge is 2.36. The highest BCUT2D eigenvalue weighted by Crippen LogP contribution is 2.28. The standard InChI is InChI=1S/C17H23ClN4O2.HI/c1-19-17(20-10-12-3-4-13(18)9-15(12)24-2)21-7-8-22(14-5-6-14)16(23)11-21;/h3-4,9,14H,5-8,10-11H2,1-2H3,(H,19,20);1H. The number of benzene rings is 1. The molecule has 0 atom stereocenters. The SMILES string of the molecule is CN=C(NCc1ccc(Cl)cc1OC)N1CCN(C2CC2)C(=O)C1.I. The Kier molecular flexibility index (Phi) is 7.18. The first-order valence-corrected chi connectivity index (χ1v) is 8.57. The van der Waals surface area contributed by atoms with Crippen LogP contribution in [0.1, 0.15) is 18.4 Å². The number of carbonyl (C=O) groups excluding carboxylic acids is 1. The van der Waals surface area contributed by atoms with Crippen LogP contribution in [-0.2, 0) is 11.3 Å². The molecule has 0 bridgehead atoms. The first kappa shape index (κ1) is 20.1. The van der Waals surface area contributed by atoms with Crippen molar-refractivity contribution in [3.05, 3.63) is 28.8 Å². The maximum absolute atomic E-state index is 12.3. The Labute approximate surface area is 170 Å². The zero-order valence-electron chi connectivity index (χ0n) is 14.5. The summed E-state index contributed by atoms with van der Waals surface area (Å²) in [5.74, 6) is 1.66. The Balaban J connectivity index is 0.00000225. The van der Waals surface area contributed by atoms with E-state index in [4.69, 9.17) is 16.3 Å². The summed E-state index contributed by atoms with van der Waals surface area (Å²) >= 11 is 5.99. The predicted octanol–water partition coefficient (Wildman–Crippen LogP) is 2.35. The van der Waals surface area contributed by atoms with Crippen molar-refractivity contribution >= 4 is 47.4 Å². The maximum atomic E-state index is 12.3.